The number of ether oxygens (including phenoxy) is 1. The van der Waals surface area contributed by atoms with Gasteiger partial charge in [-0.15, -0.1) is 0 Å². The van der Waals surface area contributed by atoms with Gasteiger partial charge in [-0.05, 0) is 18.8 Å². The van der Waals surface area contributed by atoms with Crippen LogP contribution in [0.4, 0.5) is 0 Å². The van der Waals surface area contributed by atoms with Gasteiger partial charge in [-0.3, -0.25) is 4.79 Å². The number of Topliss-reactive ketones (excluding diaryl/α,β-unsaturated/α-hetero) is 1. The van der Waals surface area contributed by atoms with Gasteiger partial charge in [0.1, 0.15) is 5.78 Å². The first-order valence-electron chi connectivity index (χ1n) is 3.39. The Hall–Kier alpha value is -0.370. The van der Waals surface area contributed by atoms with Crippen molar-refractivity contribution >= 4 is 5.78 Å². The Kier molecular flexibility index (Phi) is 0.943. The Morgan fingerprint density at radius 2 is 2.00 bits per heavy atom. The van der Waals surface area contributed by atoms with Crippen LogP contribution in [0.15, 0.2) is 0 Å². The van der Waals surface area contributed by atoms with Crippen LogP contribution < -0.4 is 0 Å². The third-order valence-electron chi connectivity index (χ3n) is 2.42. The molecule has 0 N–H and O–H groups in total. The molecular formula is C7H10O2. The van der Waals surface area contributed by atoms with E-state index < -0.39 is 0 Å². The molecule has 0 amide bonds. The molecule has 1 unspecified atom stereocenters. The second kappa shape index (κ2) is 1.57. The molecule has 2 nitrogen and oxygen atoms in total. The molecule has 2 aliphatic rings. The Morgan fingerprint density at radius 3 is 2.33 bits per heavy atom. The Morgan fingerprint density at radius 1 is 1.44 bits per heavy atom. The van der Waals surface area contributed by atoms with Crippen molar-refractivity contribution in [2.45, 2.75) is 6.92 Å². The molecule has 1 aliphatic carbocycles. The van der Waals surface area contributed by atoms with Crippen LogP contribution >= 0.6 is 0 Å². The largest absolute Gasteiger partial charge is 0.381 e. The normalized spacial score (nSPS) is 46.6. The highest BCUT2D eigenvalue weighted by molar-refractivity contribution is 5.82. The van der Waals surface area contributed by atoms with E-state index in [-0.39, 0.29) is 0 Å². The van der Waals surface area contributed by atoms with E-state index in [9.17, 15) is 4.79 Å². The van der Waals surface area contributed by atoms with Crippen LogP contribution in [0.2, 0.25) is 0 Å². The van der Waals surface area contributed by atoms with Crippen LogP contribution in [0.25, 0.3) is 0 Å². The predicted octanol–water partition coefficient (Wildman–Crippen LogP) is 0.468. The van der Waals surface area contributed by atoms with Gasteiger partial charge in [-0.25, -0.2) is 0 Å². The zero-order valence-corrected chi connectivity index (χ0v) is 5.46. The lowest BCUT2D eigenvalue weighted by atomic mass is 10.2. The van der Waals surface area contributed by atoms with Gasteiger partial charge in [-0.2, -0.15) is 0 Å². The first kappa shape index (κ1) is 5.42. The fourth-order valence-corrected chi connectivity index (χ4v) is 1.84. The Bertz CT molecular complexity index is 143. The lowest BCUT2D eigenvalue weighted by Gasteiger charge is -1.97. The molecule has 3 atom stereocenters. The first-order chi connectivity index (χ1) is 4.30. The number of carbonyl (C=O) groups excluding carboxylic acids is 1. The van der Waals surface area contributed by atoms with Crippen molar-refractivity contribution in [2.75, 3.05) is 13.2 Å². The highest BCUT2D eigenvalue weighted by atomic mass is 16.5. The second-order valence-corrected chi connectivity index (χ2v) is 3.00. The summed E-state index contributed by atoms with van der Waals surface area (Å²) in [5.41, 5.74) is 0. The van der Waals surface area contributed by atoms with Gasteiger partial charge >= 0.3 is 0 Å². The zero-order valence-electron chi connectivity index (χ0n) is 5.46. The van der Waals surface area contributed by atoms with Gasteiger partial charge in [0, 0.05) is 5.92 Å². The molecule has 2 heteroatoms. The molecule has 2 rings (SSSR count). The lowest BCUT2D eigenvalue weighted by molar-refractivity contribution is -0.119. The zero-order chi connectivity index (χ0) is 6.43. The maximum Gasteiger partial charge on any atom is 0.133 e. The lowest BCUT2D eigenvalue weighted by Crippen LogP contribution is -2.04. The topological polar surface area (TPSA) is 26.3 Å². The average molecular weight is 126 g/mol. The summed E-state index contributed by atoms with van der Waals surface area (Å²) in [5, 5.41) is 0. The molecule has 50 valence electrons. The molecule has 0 aromatic carbocycles. The van der Waals surface area contributed by atoms with Crippen LogP contribution in [0.1, 0.15) is 6.92 Å². The minimum atomic E-state index is 0.355. The van der Waals surface area contributed by atoms with Crippen molar-refractivity contribution < 1.29 is 9.53 Å². The molecule has 9 heavy (non-hydrogen) atoms. The smallest absolute Gasteiger partial charge is 0.133 e. The van der Waals surface area contributed by atoms with Gasteiger partial charge < -0.3 is 4.74 Å². The number of fused-ring (bicyclic) bond motifs is 1. The number of ketones is 1. The number of rotatable bonds is 1. The number of hydrogen-bond acceptors (Lipinski definition) is 2. The van der Waals surface area contributed by atoms with Crippen LogP contribution in [-0.2, 0) is 9.53 Å². The van der Waals surface area contributed by atoms with E-state index in [2.05, 4.69) is 0 Å². The maximum atomic E-state index is 10.8. The SMILES string of the molecule is CC(=O)C1[C@H]2COC[C@@H]12. The van der Waals surface area contributed by atoms with Crippen LogP contribution in [0.5, 0.6) is 0 Å². The highest BCUT2D eigenvalue weighted by Crippen LogP contribution is 2.50. The van der Waals surface area contributed by atoms with Crippen molar-refractivity contribution in [2.24, 2.45) is 17.8 Å². The molecule has 0 aromatic rings. The average Bonchev–Trinajstić information content (AvgIpc) is 2.30. The molecule has 1 aliphatic heterocycles. The number of hydrogen-bond donors (Lipinski definition) is 0. The van der Waals surface area contributed by atoms with Crippen molar-refractivity contribution in [3.8, 4) is 0 Å². The minimum absolute atomic E-state index is 0.355. The molecule has 2 fully saturated rings. The fourth-order valence-electron chi connectivity index (χ4n) is 1.84. The summed E-state index contributed by atoms with van der Waals surface area (Å²) in [6, 6.07) is 0. The van der Waals surface area contributed by atoms with E-state index in [0.29, 0.717) is 23.5 Å². The van der Waals surface area contributed by atoms with Crippen LogP contribution in [0.3, 0.4) is 0 Å². The quantitative estimate of drug-likeness (QED) is 0.510. The van der Waals surface area contributed by atoms with Crippen molar-refractivity contribution in [3.05, 3.63) is 0 Å². The minimum Gasteiger partial charge on any atom is -0.381 e. The van der Waals surface area contributed by atoms with Crippen LogP contribution in [-0.4, -0.2) is 19.0 Å². The summed E-state index contributed by atoms with van der Waals surface area (Å²) in [6.07, 6.45) is 0. The van der Waals surface area contributed by atoms with E-state index in [1.54, 1.807) is 6.92 Å². The molecular weight excluding hydrogens is 116 g/mol. The van der Waals surface area contributed by atoms with E-state index in [1.165, 1.54) is 0 Å². The standard InChI is InChI=1S/C7H10O2/c1-4(8)7-5-2-9-3-6(5)7/h5-7H,2-3H2,1H3/t5-,6+,7?. The summed E-state index contributed by atoms with van der Waals surface area (Å²) in [5.74, 6) is 1.93. The van der Waals surface area contributed by atoms with Crippen molar-refractivity contribution in [3.63, 3.8) is 0 Å². The summed E-state index contributed by atoms with van der Waals surface area (Å²) in [4.78, 5) is 10.8. The molecule has 0 spiro atoms. The fraction of sp³-hybridized carbons (Fsp3) is 0.857. The van der Waals surface area contributed by atoms with Crippen LogP contribution in [0, 0.1) is 17.8 Å². The van der Waals surface area contributed by atoms with Gasteiger partial charge in [-0.1, -0.05) is 0 Å². The monoisotopic (exact) mass is 126 g/mol. The predicted molar refractivity (Wildman–Crippen MR) is 32.0 cm³/mol. The molecule has 1 saturated heterocycles. The molecule has 0 aromatic heterocycles. The molecule has 1 saturated carbocycles. The van der Waals surface area contributed by atoms with Crippen molar-refractivity contribution in [1.29, 1.82) is 0 Å². The summed E-state index contributed by atoms with van der Waals surface area (Å²) < 4.78 is 5.13. The molecule has 0 bridgehead atoms. The van der Waals surface area contributed by atoms with Crippen molar-refractivity contribution in [1.82, 2.24) is 0 Å². The summed E-state index contributed by atoms with van der Waals surface area (Å²) in [7, 11) is 0. The summed E-state index contributed by atoms with van der Waals surface area (Å²) in [6.45, 7) is 3.34. The summed E-state index contributed by atoms with van der Waals surface area (Å²) >= 11 is 0. The third-order valence-corrected chi connectivity index (χ3v) is 2.42. The first-order valence-corrected chi connectivity index (χ1v) is 3.39. The van der Waals surface area contributed by atoms with E-state index in [0.717, 1.165) is 13.2 Å². The van der Waals surface area contributed by atoms with Gasteiger partial charge in [0.2, 0.25) is 0 Å². The van der Waals surface area contributed by atoms with Gasteiger partial charge in [0.25, 0.3) is 0 Å². The van der Waals surface area contributed by atoms with Gasteiger partial charge in [0.15, 0.2) is 0 Å². The molecule has 0 radical (unpaired) electrons. The van der Waals surface area contributed by atoms with E-state index in [1.807, 2.05) is 0 Å². The third kappa shape index (κ3) is 0.628. The number of carbonyl (C=O) groups is 1. The maximum absolute atomic E-state index is 10.8. The van der Waals surface area contributed by atoms with Gasteiger partial charge in [0.05, 0.1) is 13.2 Å². The Balaban J connectivity index is 2.02. The second-order valence-electron chi connectivity index (χ2n) is 3.00. The Labute approximate surface area is 54.2 Å². The molecule has 1 heterocycles. The van der Waals surface area contributed by atoms with E-state index >= 15 is 0 Å². The van der Waals surface area contributed by atoms with E-state index in [4.69, 9.17) is 4.74 Å². The highest BCUT2D eigenvalue weighted by Gasteiger charge is 2.56.